The lowest BCUT2D eigenvalue weighted by atomic mass is 10.3. The SMILES string of the molecule is CCC=C(CC)P(n1cccc1)n1cccc1. The highest BCUT2D eigenvalue weighted by atomic mass is 31.1. The molecule has 0 N–H and O–H groups in total. The Bertz CT molecular complexity index is 420. The zero-order valence-corrected chi connectivity index (χ0v) is 11.3. The molecule has 0 amide bonds. The number of hydrogen-bond acceptors (Lipinski definition) is 0. The van der Waals surface area contributed by atoms with Gasteiger partial charge in [-0.25, -0.2) is 0 Å². The lowest BCUT2D eigenvalue weighted by Gasteiger charge is -2.22. The molecule has 0 aliphatic rings. The average Bonchev–Trinajstić information content (AvgIpc) is 3.01. The maximum Gasteiger partial charge on any atom is 0.132 e. The fourth-order valence-electron chi connectivity index (χ4n) is 1.92. The molecule has 3 heteroatoms. The Balaban J connectivity index is 2.41. The molecule has 2 aromatic rings. The van der Waals surface area contributed by atoms with Crippen LogP contribution in [0.15, 0.2) is 60.4 Å². The van der Waals surface area contributed by atoms with Crippen LogP contribution in [0.3, 0.4) is 0 Å². The lowest BCUT2D eigenvalue weighted by molar-refractivity contribution is 1.08. The number of nitrogens with zero attached hydrogens (tertiary/aromatic N) is 2. The third kappa shape index (κ3) is 2.70. The van der Waals surface area contributed by atoms with Gasteiger partial charge in [-0.05, 0) is 42.4 Å². The van der Waals surface area contributed by atoms with Crippen LogP contribution in [-0.2, 0) is 0 Å². The molecular weight excluding hydrogens is 227 g/mol. The molecule has 2 aromatic heterocycles. The fourth-order valence-corrected chi connectivity index (χ4v) is 4.20. The summed E-state index contributed by atoms with van der Waals surface area (Å²) < 4.78 is 4.64. The van der Waals surface area contributed by atoms with Crippen molar-refractivity contribution < 1.29 is 0 Å². The van der Waals surface area contributed by atoms with Gasteiger partial charge in [0.05, 0.1) is 0 Å². The zero-order valence-electron chi connectivity index (χ0n) is 10.5. The van der Waals surface area contributed by atoms with Crippen LogP contribution >= 0.6 is 8.22 Å². The number of rotatable bonds is 5. The van der Waals surface area contributed by atoms with E-state index in [1.807, 2.05) is 0 Å². The molecule has 17 heavy (non-hydrogen) atoms. The summed E-state index contributed by atoms with van der Waals surface area (Å²) in [5.74, 6) is 0. The minimum Gasteiger partial charge on any atom is -0.312 e. The second-order valence-electron chi connectivity index (χ2n) is 3.87. The highest BCUT2D eigenvalue weighted by Gasteiger charge is 2.15. The summed E-state index contributed by atoms with van der Waals surface area (Å²) in [5.41, 5.74) is 0. The second-order valence-corrected chi connectivity index (χ2v) is 5.95. The first-order valence-corrected chi connectivity index (χ1v) is 7.37. The van der Waals surface area contributed by atoms with Gasteiger partial charge in [-0.1, -0.05) is 19.9 Å². The number of allylic oxidation sites excluding steroid dienone is 2. The third-order valence-electron chi connectivity index (χ3n) is 2.67. The molecular formula is C14H19N2P. The summed E-state index contributed by atoms with van der Waals surface area (Å²) in [6.07, 6.45) is 13.2. The first-order valence-electron chi connectivity index (χ1n) is 6.12. The smallest absolute Gasteiger partial charge is 0.132 e. The summed E-state index contributed by atoms with van der Waals surface area (Å²) in [5, 5.41) is 1.52. The minimum absolute atomic E-state index is 0.452. The molecule has 2 rings (SSSR count). The number of hydrogen-bond donors (Lipinski definition) is 0. The molecule has 0 saturated carbocycles. The van der Waals surface area contributed by atoms with Gasteiger partial charge in [-0.3, -0.25) is 0 Å². The van der Waals surface area contributed by atoms with Crippen molar-refractivity contribution in [2.24, 2.45) is 0 Å². The van der Waals surface area contributed by atoms with E-state index >= 15 is 0 Å². The van der Waals surface area contributed by atoms with Crippen molar-refractivity contribution in [2.75, 3.05) is 0 Å². The van der Waals surface area contributed by atoms with E-state index in [4.69, 9.17) is 0 Å². The van der Waals surface area contributed by atoms with E-state index in [9.17, 15) is 0 Å². The van der Waals surface area contributed by atoms with Gasteiger partial charge in [0, 0.05) is 24.8 Å². The third-order valence-corrected chi connectivity index (χ3v) is 5.09. The molecule has 0 saturated heterocycles. The van der Waals surface area contributed by atoms with E-state index in [0.29, 0.717) is 0 Å². The van der Waals surface area contributed by atoms with Crippen LogP contribution in [0.5, 0.6) is 0 Å². The standard InChI is InChI=1S/C14H19N2P/c1-3-9-14(4-2)17(15-10-5-6-11-15)16-12-7-8-13-16/h5-13H,3-4H2,1-2H3. The molecule has 0 radical (unpaired) electrons. The van der Waals surface area contributed by atoms with E-state index in [0.717, 1.165) is 12.8 Å². The Hall–Kier alpha value is -1.27. The Morgan fingerprint density at radius 2 is 1.41 bits per heavy atom. The Morgan fingerprint density at radius 1 is 0.941 bits per heavy atom. The van der Waals surface area contributed by atoms with E-state index < -0.39 is 8.22 Å². The van der Waals surface area contributed by atoms with E-state index in [2.05, 4.69) is 77.7 Å². The lowest BCUT2D eigenvalue weighted by Crippen LogP contribution is -1.99. The normalized spacial score (nSPS) is 12.3. The minimum atomic E-state index is -0.452. The van der Waals surface area contributed by atoms with Crippen LogP contribution in [0, 0.1) is 0 Å². The van der Waals surface area contributed by atoms with Gasteiger partial charge in [-0.2, -0.15) is 0 Å². The quantitative estimate of drug-likeness (QED) is 0.677. The highest BCUT2D eigenvalue weighted by molar-refractivity contribution is 7.58. The van der Waals surface area contributed by atoms with Crippen LogP contribution in [0.1, 0.15) is 26.7 Å². The molecule has 0 aliphatic carbocycles. The van der Waals surface area contributed by atoms with Gasteiger partial charge in [0.2, 0.25) is 0 Å². The summed E-state index contributed by atoms with van der Waals surface area (Å²) in [6.45, 7) is 4.44. The topological polar surface area (TPSA) is 9.86 Å². The Morgan fingerprint density at radius 3 is 1.76 bits per heavy atom. The molecule has 0 atom stereocenters. The van der Waals surface area contributed by atoms with Crippen molar-refractivity contribution in [3.05, 3.63) is 60.4 Å². The summed E-state index contributed by atoms with van der Waals surface area (Å²) in [6, 6.07) is 8.38. The first-order chi connectivity index (χ1) is 8.36. The van der Waals surface area contributed by atoms with Crippen LogP contribution in [0.25, 0.3) is 0 Å². The van der Waals surface area contributed by atoms with Gasteiger partial charge in [-0.15, -0.1) is 0 Å². The zero-order chi connectivity index (χ0) is 12.1. The van der Waals surface area contributed by atoms with Crippen molar-refractivity contribution in [2.45, 2.75) is 26.7 Å². The summed E-state index contributed by atoms with van der Waals surface area (Å²) in [4.78, 5) is 0. The van der Waals surface area contributed by atoms with E-state index in [1.165, 1.54) is 5.31 Å². The molecule has 0 fully saturated rings. The van der Waals surface area contributed by atoms with Gasteiger partial charge in [0.1, 0.15) is 8.22 Å². The molecule has 0 unspecified atom stereocenters. The largest absolute Gasteiger partial charge is 0.312 e. The van der Waals surface area contributed by atoms with Crippen LogP contribution < -0.4 is 0 Å². The van der Waals surface area contributed by atoms with Crippen LogP contribution in [-0.4, -0.2) is 8.68 Å². The van der Waals surface area contributed by atoms with Crippen molar-refractivity contribution in [3.8, 4) is 0 Å². The summed E-state index contributed by atoms with van der Waals surface area (Å²) >= 11 is 0. The van der Waals surface area contributed by atoms with Gasteiger partial charge >= 0.3 is 0 Å². The number of aromatic nitrogens is 2. The van der Waals surface area contributed by atoms with Crippen LogP contribution in [0.4, 0.5) is 0 Å². The first kappa shape index (κ1) is 12.2. The van der Waals surface area contributed by atoms with Crippen LogP contribution in [0.2, 0.25) is 0 Å². The Kier molecular flexibility index (Phi) is 4.22. The summed E-state index contributed by atoms with van der Waals surface area (Å²) in [7, 11) is -0.452. The molecule has 0 aromatic carbocycles. The average molecular weight is 246 g/mol. The van der Waals surface area contributed by atoms with Crippen molar-refractivity contribution >= 4 is 8.22 Å². The van der Waals surface area contributed by atoms with E-state index in [1.54, 1.807) is 0 Å². The molecule has 2 heterocycles. The monoisotopic (exact) mass is 246 g/mol. The molecule has 0 bridgehead atoms. The fraction of sp³-hybridized carbons (Fsp3) is 0.286. The van der Waals surface area contributed by atoms with Crippen molar-refractivity contribution in [1.29, 1.82) is 0 Å². The van der Waals surface area contributed by atoms with Gasteiger partial charge in [0.15, 0.2) is 0 Å². The highest BCUT2D eigenvalue weighted by Crippen LogP contribution is 2.48. The molecule has 90 valence electrons. The van der Waals surface area contributed by atoms with Gasteiger partial charge < -0.3 is 8.68 Å². The second kappa shape index (κ2) is 5.88. The van der Waals surface area contributed by atoms with E-state index in [-0.39, 0.29) is 0 Å². The molecule has 2 nitrogen and oxygen atoms in total. The van der Waals surface area contributed by atoms with Crippen molar-refractivity contribution in [3.63, 3.8) is 0 Å². The molecule has 0 aliphatic heterocycles. The molecule has 0 spiro atoms. The predicted octanol–water partition coefficient (Wildman–Crippen LogP) is 4.70. The predicted molar refractivity (Wildman–Crippen MR) is 75.2 cm³/mol. The Labute approximate surface area is 104 Å². The van der Waals surface area contributed by atoms with Gasteiger partial charge in [0.25, 0.3) is 0 Å². The van der Waals surface area contributed by atoms with Crippen molar-refractivity contribution in [1.82, 2.24) is 8.68 Å². The maximum absolute atomic E-state index is 2.37. The maximum atomic E-state index is 2.37.